The molecule has 3 nitrogen and oxygen atoms in total. The van der Waals surface area contributed by atoms with E-state index in [1.165, 1.54) is 0 Å². The van der Waals surface area contributed by atoms with Gasteiger partial charge in [0.1, 0.15) is 5.52 Å². The minimum Gasteiger partial charge on any atom is -0.334 e. The molecule has 0 saturated carbocycles. The van der Waals surface area contributed by atoms with Crippen molar-refractivity contribution in [1.82, 2.24) is 14.5 Å². The second kappa shape index (κ2) is 2.94. The molecular formula is C11H8ClN3. The summed E-state index contributed by atoms with van der Waals surface area (Å²) in [4.78, 5) is 8.65. The molecule has 0 amide bonds. The Morgan fingerprint density at radius 1 is 1.20 bits per heavy atom. The molecule has 0 saturated heterocycles. The highest BCUT2D eigenvalue weighted by Crippen LogP contribution is 2.23. The van der Waals surface area contributed by atoms with Gasteiger partial charge < -0.3 is 4.57 Å². The van der Waals surface area contributed by atoms with Gasteiger partial charge in [-0.2, -0.15) is 0 Å². The predicted molar refractivity (Wildman–Crippen MR) is 61.0 cm³/mol. The minimum atomic E-state index is 0.651. The first kappa shape index (κ1) is 8.68. The topological polar surface area (TPSA) is 30.7 Å². The number of fused-ring (bicyclic) bond motifs is 3. The average Bonchev–Trinajstić information content (AvgIpc) is 2.60. The van der Waals surface area contributed by atoms with Gasteiger partial charge in [0.05, 0.1) is 22.4 Å². The molecule has 4 heteroatoms. The van der Waals surface area contributed by atoms with Gasteiger partial charge >= 0.3 is 0 Å². The Morgan fingerprint density at radius 3 is 2.93 bits per heavy atom. The van der Waals surface area contributed by atoms with Gasteiger partial charge in [-0.15, -0.1) is 0 Å². The fourth-order valence-corrected chi connectivity index (χ4v) is 1.93. The van der Waals surface area contributed by atoms with Crippen molar-refractivity contribution in [2.75, 3.05) is 0 Å². The van der Waals surface area contributed by atoms with E-state index in [9.17, 15) is 0 Å². The first-order valence-corrected chi connectivity index (χ1v) is 4.99. The van der Waals surface area contributed by atoms with Crippen molar-refractivity contribution in [1.29, 1.82) is 0 Å². The average molecular weight is 218 g/mol. The molecule has 0 aliphatic heterocycles. The third-order valence-electron chi connectivity index (χ3n) is 2.51. The normalized spacial score (nSPS) is 11.3. The van der Waals surface area contributed by atoms with Gasteiger partial charge in [-0.25, -0.2) is 4.98 Å². The maximum absolute atomic E-state index is 5.89. The van der Waals surface area contributed by atoms with E-state index >= 15 is 0 Å². The maximum Gasteiger partial charge on any atom is 0.115 e. The lowest BCUT2D eigenvalue weighted by Crippen LogP contribution is -1.85. The van der Waals surface area contributed by atoms with Crippen LogP contribution in [0, 0.1) is 0 Å². The quantitative estimate of drug-likeness (QED) is 0.580. The molecular weight excluding hydrogens is 210 g/mol. The van der Waals surface area contributed by atoms with E-state index in [0.29, 0.717) is 5.02 Å². The highest BCUT2D eigenvalue weighted by atomic mass is 35.5. The Balaban J connectivity index is 2.55. The summed E-state index contributed by atoms with van der Waals surface area (Å²) in [5.74, 6) is 0. The van der Waals surface area contributed by atoms with E-state index in [2.05, 4.69) is 9.97 Å². The first-order chi connectivity index (χ1) is 7.25. The van der Waals surface area contributed by atoms with E-state index in [-0.39, 0.29) is 0 Å². The van der Waals surface area contributed by atoms with Gasteiger partial charge in [0, 0.05) is 18.6 Å². The third kappa shape index (κ3) is 1.20. The molecule has 0 atom stereocenters. The van der Waals surface area contributed by atoms with Crippen LogP contribution >= 0.6 is 11.6 Å². The summed E-state index contributed by atoms with van der Waals surface area (Å²) in [6.07, 6.45) is 3.44. The zero-order valence-corrected chi connectivity index (χ0v) is 8.86. The molecule has 3 rings (SSSR count). The number of hydrogen-bond acceptors (Lipinski definition) is 2. The summed E-state index contributed by atoms with van der Waals surface area (Å²) in [5.41, 5.74) is 2.90. The number of hydrogen-bond donors (Lipinski definition) is 0. The second-order valence-corrected chi connectivity index (χ2v) is 3.95. The molecule has 0 aliphatic rings. The zero-order valence-electron chi connectivity index (χ0n) is 8.11. The van der Waals surface area contributed by atoms with Gasteiger partial charge in [0.2, 0.25) is 0 Å². The SMILES string of the molecule is Cn1cnc2c3ncc(Cl)cc3ccc21. The van der Waals surface area contributed by atoms with Crippen LogP contribution in [-0.4, -0.2) is 14.5 Å². The van der Waals surface area contributed by atoms with Gasteiger partial charge in [-0.1, -0.05) is 17.7 Å². The molecule has 0 fully saturated rings. The van der Waals surface area contributed by atoms with E-state index in [1.807, 2.05) is 29.8 Å². The fraction of sp³-hybridized carbons (Fsp3) is 0.0909. The summed E-state index contributed by atoms with van der Waals surface area (Å²) in [6.45, 7) is 0. The first-order valence-electron chi connectivity index (χ1n) is 4.61. The van der Waals surface area contributed by atoms with Crippen molar-refractivity contribution in [2.45, 2.75) is 0 Å². The van der Waals surface area contributed by atoms with Crippen LogP contribution in [0.25, 0.3) is 21.9 Å². The molecule has 3 aromatic rings. The molecule has 1 aromatic carbocycles. The van der Waals surface area contributed by atoms with Crippen LogP contribution in [-0.2, 0) is 7.05 Å². The molecule has 0 bridgehead atoms. The Kier molecular flexibility index (Phi) is 1.70. The van der Waals surface area contributed by atoms with Crippen LogP contribution in [0.5, 0.6) is 0 Å². The molecule has 0 unspecified atom stereocenters. The van der Waals surface area contributed by atoms with Crippen molar-refractivity contribution in [3.63, 3.8) is 0 Å². The van der Waals surface area contributed by atoms with E-state index in [1.54, 1.807) is 12.5 Å². The number of pyridine rings is 1. The van der Waals surface area contributed by atoms with Crippen LogP contribution in [0.15, 0.2) is 30.7 Å². The summed E-state index contributed by atoms with van der Waals surface area (Å²) < 4.78 is 1.98. The lowest BCUT2D eigenvalue weighted by molar-refractivity contribution is 0.948. The summed E-state index contributed by atoms with van der Waals surface area (Å²) in [5, 5.41) is 1.67. The maximum atomic E-state index is 5.89. The number of benzene rings is 1. The van der Waals surface area contributed by atoms with Crippen molar-refractivity contribution in [3.05, 3.63) is 35.7 Å². The zero-order chi connectivity index (χ0) is 10.4. The lowest BCUT2D eigenvalue weighted by Gasteiger charge is -1.99. The summed E-state index contributed by atoms with van der Waals surface area (Å²) in [6, 6.07) is 5.94. The van der Waals surface area contributed by atoms with Crippen molar-refractivity contribution >= 4 is 33.5 Å². The van der Waals surface area contributed by atoms with Crippen molar-refractivity contribution in [3.8, 4) is 0 Å². The van der Waals surface area contributed by atoms with Gasteiger partial charge in [0.25, 0.3) is 0 Å². The molecule has 15 heavy (non-hydrogen) atoms. The van der Waals surface area contributed by atoms with Crippen LogP contribution in [0.3, 0.4) is 0 Å². The molecule has 0 aliphatic carbocycles. The summed E-state index contributed by atoms with van der Waals surface area (Å²) >= 11 is 5.89. The molecule has 0 N–H and O–H groups in total. The van der Waals surface area contributed by atoms with Crippen LogP contribution in [0.4, 0.5) is 0 Å². The largest absolute Gasteiger partial charge is 0.334 e. The van der Waals surface area contributed by atoms with E-state index in [0.717, 1.165) is 21.9 Å². The lowest BCUT2D eigenvalue weighted by atomic mass is 10.2. The van der Waals surface area contributed by atoms with Crippen molar-refractivity contribution in [2.24, 2.45) is 7.05 Å². The molecule has 2 aromatic heterocycles. The Labute approximate surface area is 91.3 Å². The van der Waals surface area contributed by atoms with Gasteiger partial charge in [-0.3, -0.25) is 4.98 Å². The number of aryl methyl sites for hydroxylation is 1. The highest BCUT2D eigenvalue weighted by Gasteiger charge is 2.05. The molecule has 74 valence electrons. The van der Waals surface area contributed by atoms with Crippen LogP contribution in [0.1, 0.15) is 0 Å². The van der Waals surface area contributed by atoms with Crippen LogP contribution in [0.2, 0.25) is 5.02 Å². The smallest absolute Gasteiger partial charge is 0.115 e. The Hall–Kier alpha value is -1.61. The summed E-state index contributed by atoms with van der Waals surface area (Å²) in [7, 11) is 1.97. The van der Waals surface area contributed by atoms with Crippen molar-refractivity contribution < 1.29 is 0 Å². The minimum absolute atomic E-state index is 0.651. The predicted octanol–water partition coefficient (Wildman–Crippen LogP) is 2.77. The number of halogens is 1. The van der Waals surface area contributed by atoms with Gasteiger partial charge in [-0.05, 0) is 12.1 Å². The number of rotatable bonds is 0. The standard InChI is InChI=1S/C11H8ClN3/c1-15-6-14-11-9(15)3-2-7-4-8(12)5-13-10(7)11/h2-6H,1H3. The fourth-order valence-electron chi connectivity index (χ4n) is 1.77. The van der Waals surface area contributed by atoms with Crippen LogP contribution < -0.4 is 0 Å². The number of nitrogens with zero attached hydrogens (tertiary/aromatic N) is 3. The Morgan fingerprint density at radius 2 is 2.07 bits per heavy atom. The van der Waals surface area contributed by atoms with E-state index in [4.69, 9.17) is 11.6 Å². The monoisotopic (exact) mass is 217 g/mol. The second-order valence-electron chi connectivity index (χ2n) is 3.51. The number of aromatic nitrogens is 3. The molecule has 0 spiro atoms. The third-order valence-corrected chi connectivity index (χ3v) is 2.72. The molecule has 2 heterocycles. The number of imidazole rings is 1. The molecule has 0 radical (unpaired) electrons. The van der Waals surface area contributed by atoms with E-state index < -0.39 is 0 Å². The highest BCUT2D eigenvalue weighted by molar-refractivity contribution is 6.31. The van der Waals surface area contributed by atoms with Gasteiger partial charge in [0.15, 0.2) is 0 Å². The Bertz CT molecular complexity index is 657.